The van der Waals surface area contributed by atoms with Crippen LogP contribution in [-0.2, 0) is 14.4 Å². The molecule has 4 aliphatic rings. The lowest BCUT2D eigenvalue weighted by Crippen LogP contribution is -2.53. The summed E-state index contributed by atoms with van der Waals surface area (Å²) in [4.78, 5) is 20.5. The molecule has 3 atom stereocenters. The number of fused-ring (bicyclic) bond motifs is 1. The molecule has 1 amide bonds. The fourth-order valence-electron chi connectivity index (χ4n) is 3.90. The van der Waals surface area contributed by atoms with Crippen molar-refractivity contribution in [3.05, 3.63) is 0 Å². The Morgan fingerprint density at radius 2 is 2.10 bits per heavy atom. The minimum absolute atomic E-state index is 0.0613. The van der Waals surface area contributed by atoms with E-state index in [4.69, 9.17) is 9.57 Å². The number of rotatable bonds is 3. The lowest BCUT2D eigenvalue weighted by molar-refractivity contribution is -0.177. The molecule has 0 aromatic rings. The Bertz CT molecular complexity index is 379. The molecule has 4 fully saturated rings. The van der Waals surface area contributed by atoms with Crippen LogP contribution >= 0.6 is 0 Å². The summed E-state index contributed by atoms with van der Waals surface area (Å²) >= 11 is 0. The van der Waals surface area contributed by atoms with Crippen molar-refractivity contribution in [2.24, 2.45) is 11.8 Å². The second kappa shape index (κ2) is 5.28. The summed E-state index contributed by atoms with van der Waals surface area (Å²) in [7, 11) is 0. The molecule has 112 valence electrons. The van der Waals surface area contributed by atoms with Crippen LogP contribution < -0.4 is 0 Å². The molecule has 5 heteroatoms. The first kappa shape index (κ1) is 13.0. The van der Waals surface area contributed by atoms with E-state index in [-0.39, 0.29) is 17.9 Å². The Hall–Kier alpha value is -0.650. The van der Waals surface area contributed by atoms with Crippen LogP contribution in [0.3, 0.4) is 0 Å². The third-order valence-electron chi connectivity index (χ3n) is 5.15. The summed E-state index contributed by atoms with van der Waals surface area (Å²) in [5, 5.41) is 1.59. The van der Waals surface area contributed by atoms with Crippen molar-refractivity contribution in [3.63, 3.8) is 0 Å². The Morgan fingerprint density at radius 1 is 1.20 bits per heavy atom. The minimum atomic E-state index is 0.0613. The SMILES string of the molecule is O=C([C@H]1C[C@H]2OCC[C@H]2N(CC2CC2)C1)N1CCCO1. The summed E-state index contributed by atoms with van der Waals surface area (Å²) in [5.41, 5.74) is 0. The highest BCUT2D eigenvalue weighted by atomic mass is 16.7. The maximum atomic E-state index is 12.6. The third kappa shape index (κ3) is 2.47. The Morgan fingerprint density at radius 3 is 2.85 bits per heavy atom. The minimum Gasteiger partial charge on any atom is -0.377 e. The second-order valence-electron chi connectivity index (χ2n) is 6.72. The Labute approximate surface area is 120 Å². The van der Waals surface area contributed by atoms with Gasteiger partial charge in [0.15, 0.2) is 0 Å². The number of hydrogen-bond acceptors (Lipinski definition) is 4. The third-order valence-corrected chi connectivity index (χ3v) is 5.15. The zero-order valence-corrected chi connectivity index (χ0v) is 12.0. The van der Waals surface area contributed by atoms with Gasteiger partial charge in [0.1, 0.15) is 0 Å². The maximum absolute atomic E-state index is 12.6. The van der Waals surface area contributed by atoms with E-state index in [0.717, 1.165) is 51.4 Å². The first-order chi connectivity index (χ1) is 9.81. The molecule has 3 aliphatic heterocycles. The van der Waals surface area contributed by atoms with E-state index in [1.165, 1.54) is 12.8 Å². The van der Waals surface area contributed by atoms with Gasteiger partial charge < -0.3 is 4.74 Å². The van der Waals surface area contributed by atoms with Crippen LogP contribution in [0, 0.1) is 11.8 Å². The van der Waals surface area contributed by atoms with Gasteiger partial charge in [-0.1, -0.05) is 0 Å². The Kier molecular flexibility index (Phi) is 3.44. The van der Waals surface area contributed by atoms with E-state index >= 15 is 0 Å². The first-order valence-electron chi connectivity index (χ1n) is 8.11. The van der Waals surface area contributed by atoms with E-state index in [1.807, 2.05) is 0 Å². The van der Waals surface area contributed by atoms with E-state index in [0.29, 0.717) is 12.6 Å². The molecule has 0 spiro atoms. The van der Waals surface area contributed by atoms with E-state index in [2.05, 4.69) is 4.90 Å². The van der Waals surface area contributed by atoms with Gasteiger partial charge in [-0.2, -0.15) is 0 Å². The van der Waals surface area contributed by atoms with Gasteiger partial charge in [0, 0.05) is 25.7 Å². The molecule has 0 N–H and O–H groups in total. The van der Waals surface area contributed by atoms with Crippen molar-refractivity contribution >= 4 is 5.91 Å². The van der Waals surface area contributed by atoms with E-state index in [1.54, 1.807) is 5.06 Å². The molecule has 20 heavy (non-hydrogen) atoms. The van der Waals surface area contributed by atoms with Gasteiger partial charge in [0.2, 0.25) is 0 Å². The molecule has 0 radical (unpaired) electrons. The fraction of sp³-hybridized carbons (Fsp3) is 0.933. The Balaban J connectivity index is 1.45. The molecular formula is C15H24N2O3. The standard InChI is InChI=1S/C15H24N2O3/c18-15(17-5-1-6-20-17)12-8-14-13(4-7-19-14)16(10-12)9-11-2-3-11/h11-14H,1-10H2/t12-,13+,14+/m0/s1. The van der Waals surface area contributed by atoms with Gasteiger partial charge in [-0.05, 0) is 38.0 Å². The molecule has 0 bridgehead atoms. The van der Waals surface area contributed by atoms with Crippen LogP contribution in [-0.4, -0.2) is 60.9 Å². The van der Waals surface area contributed by atoms with Gasteiger partial charge >= 0.3 is 0 Å². The molecule has 0 aromatic carbocycles. The molecule has 4 rings (SSSR count). The van der Waals surface area contributed by atoms with Crippen LogP contribution in [0.2, 0.25) is 0 Å². The molecule has 1 aliphatic carbocycles. The highest BCUT2D eigenvalue weighted by molar-refractivity contribution is 5.78. The average Bonchev–Trinajstić information content (AvgIpc) is 2.97. The van der Waals surface area contributed by atoms with E-state index in [9.17, 15) is 4.79 Å². The fourth-order valence-corrected chi connectivity index (χ4v) is 3.90. The highest BCUT2D eigenvalue weighted by Gasteiger charge is 2.44. The summed E-state index contributed by atoms with van der Waals surface area (Å²) in [5.74, 6) is 1.11. The molecule has 3 heterocycles. The van der Waals surface area contributed by atoms with Crippen molar-refractivity contribution in [1.82, 2.24) is 9.96 Å². The largest absolute Gasteiger partial charge is 0.377 e. The molecule has 3 saturated heterocycles. The van der Waals surface area contributed by atoms with Crippen LogP contribution in [0.1, 0.15) is 32.1 Å². The summed E-state index contributed by atoms with van der Waals surface area (Å²) in [6.07, 6.45) is 5.97. The average molecular weight is 280 g/mol. The lowest BCUT2D eigenvalue weighted by Gasteiger charge is -2.41. The topological polar surface area (TPSA) is 42.0 Å². The van der Waals surface area contributed by atoms with Crippen LogP contribution in [0.4, 0.5) is 0 Å². The number of hydroxylamine groups is 2. The first-order valence-corrected chi connectivity index (χ1v) is 8.11. The van der Waals surface area contributed by atoms with Gasteiger partial charge in [0.05, 0.1) is 25.2 Å². The number of piperidine rings is 1. The van der Waals surface area contributed by atoms with Crippen LogP contribution in [0.5, 0.6) is 0 Å². The molecular weight excluding hydrogens is 256 g/mol. The summed E-state index contributed by atoms with van der Waals surface area (Å²) < 4.78 is 5.88. The number of likely N-dealkylation sites (tertiary alicyclic amines) is 1. The van der Waals surface area contributed by atoms with Crippen molar-refractivity contribution in [2.45, 2.75) is 44.2 Å². The van der Waals surface area contributed by atoms with Crippen LogP contribution in [0.25, 0.3) is 0 Å². The zero-order chi connectivity index (χ0) is 13.5. The van der Waals surface area contributed by atoms with Crippen molar-refractivity contribution < 1.29 is 14.4 Å². The van der Waals surface area contributed by atoms with Crippen molar-refractivity contribution in [3.8, 4) is 0 Å². The zero-order valence-electron chi connectivity index (χ0n) is 12.0. The predicted octanol–water partition coefficient (Wildman–Crippen LogP) is 1.04. The molecule has 0 unspecified atom stereocenters. The van der Waals surface area contributed by atoms with Crippen molar-refractivity contribution in [2.75, 3.05) is 32.8 Å². The van der Waals surface area contributed by atoms with Gasteiger partial charge in [-0.25, -0.2) is 5.06 Å². The number of amides is 1. The van der Waals surface area contributed by atoms with Crippen LogP contribution in [0.15, 0.2) is 0 Å². The number of nitrogens with zero attached hydrogens (tertiary/aromatic N) is 2. The van der Waals surface area contributed by atoms with Gasteiger partial charge in [-0.3, -0.25) is 14.5 Å². The summed E-state index contributed by atoms with van der Waals surface area (Å²) in [6, 6.07) is 0.555. The molecule has 1 saturated carbocycles. The number of carbonyl (C=O) groups is 1. The monoisotopic (exact) mass is 280 g/mol. The smallest absolute Gasteiger partial charge is 0.250 e. The second-order valence-corrected chi connectivity index (χ2v) is 6.72. The maximum Gasteiger partial charge on any atom is 0.250 e. The number of ether oxygens (including phenoxy) is 1. The normalized spacial score (nSPS) is 38.2. The lowest BCUT2D eigenvalue weighted by atomic mass is 9.89. The van der Waals surface area contributed by atoms with Gasteiger partial charge in [0.25, 0.3) is 5.91 Å². The van der Waals surface area contributed by atoms with E-state index < -0.39 is 0 Å². The predicted molar refractivity (Wildman–Crippen MR) is 72.8 cm³/mol. The molecule has 0 aromatic heterocycles. The van der Waals surface area contributed by atoms with Gasteiger partial charge in [-0.15, -0.1) is 0 Å². The molecule has 5 nitrogen and oxygen atoms in total. The quantitative estimate of drug-likeness (QED) is 0.774. The highest BCUT2D eigenvalue weighted by Crippen LogP contribution is 2.37. The number of carbonyl (C=O) groups excluding carboxylic acids is 1. The van der Waals surface area contributed by atoms with Crippen molar-refractivity contribution in [1.29, 1.82) is 0 Å². The number of hydrogen-bond donors (Lipinski definition) is 0. The summed E-state index contributed by atoms with van der Waals surface area (Å²) in [6.45, 7) is 4.37.